The molecule has 3 rings (SSSR count). The Kier molecular flexibility index (Phi) is 5.10. The SMILES string of the molecule is Cn1c(/C=N/NC(=S)SCc2ccccc2)cc2ccccc21. The molecule has 3 aromatic rings. The molecule has 0 amide bonds. The summed E-state index contributed by atoms with van der Waals surface area (Å²) in [4.78, 5) is 0. The van der Waals surface area contributed by atoms with Crippen LogP contribution in [0.25, 0.3) is 10.9 Å². The lowest BCUT2D eigenvalue weighted by Gasteiger charge is -2.03. The quantitative estimate of drug-likeness (QED) is 0.436. The molecular weight excluding hydrogens is 322 g/mol. The molecule has 1 heterocycles. The molecule has 0 aliphatic carbocycles. The van der Waals surface area contributed by atoms with Gasteiger partial charge in [-0.25, -0.2) is 0 Å². The zero-order valence-corrected chi connectivity index (χ0v) is 14.4. The average Bonchev–Trinajstić information content (AvgIpc) is 2.91. The van der Waals surface area contributed by atoms with Crippen LogP contribution in [0.2, 0.25) is 0 Å². The van der Waals surface area contributed by atoms with Crippen molar-refractivity contribution in [2.45, 2.75) is 5.75 Å². The highest BCUT2D eigenvalue weighted by atomic mass is 32.2. The molecule has 116 valence electrons. The van der Waals surface area contributed by atoms with E-state index in [9.17, 15) is 0 Å². The lowest BCUT2D eigenvalue weighted by atomic mass is 10.2. The Balaban J connectivity index is 1.57. The van der Waals surface area contributed by atoms with Crippen LogP contribution in [0.15, 0.2) is 65.8 Å². The fourth-order valence-electron chi connectivity index (χ4n) is 2.34. The van der Waals surface area contributed by atoms with Gasteiger partial charge in [0.1, 0.15) is 0 Å². The number of thioether (sulfide) groups is 1. The lowest BCUT2D eigenvalue weighted by molar-refractivity contribution is 0.952. The number of fused-ring (bicyclic) bond motifs is 1. The third-order valence-electron chi connectivity index (χ3n) is 3.55. The van der Waals surface area contributed by atoms with E-state index in [2.05, 4.69) is 45.4 Å². The van der Waals surface area contributed by atoms with Crippen LogP contribution in [0.3, 0.4) is 0 Å². The van der Waals surface area contributed by atoms with Crippen LogP contribution in [0, 0.1) is 0 Å². The molecule has 0 saturated heterocycles. The zero-order valence-electron chi connectivity index (χ0n) is 12.8. The molecule has 0 fully saturated rings. The third kappa shape index (κ3) is 4.00. The number of benzene rings is 2. The third-order valence-corrected chi connectivity index (χ3v) is 4.83. The topological polar surface area (TPSA) is 29.3 Å². The molecule has 3 nitrogen and oxygen atoms in total. The summed E-state index contributed by atoms with van der Waals surface area (Å²) in [5, 5.41) is 5.46. The summed E-state index contributed by atoms with van der Waals surface area (Å²) in [7, 11) is 2.03. The van der Waals surface area contributed by atoms with E-state index >= 15 is 0 Å². The molecule has 0 spiro atoms. The van der Waals surface area contributed by atoms with Gasteiger partial charge in [0, 0.05) is 23.7 Å². The fraction of sp³-hybridized carbons (Fsp3) is 0.111. The van der Waals surface area contributed by atoms with Crippen LogP contribution in [0.1, 0.15) is 11.3 Å². The molecule has 0 bridgehead atoms. The Bertz CT molecular complexity index is 838. The van der Waals surface area contributed by atoms with Crippen LogP contribution in [0.4, 0.5) is 0 Å². The van der Waals surface area contributed by atoms with Gasteiger partial charge < -0.3 is 4.57 Å². The normalized spacial score (nSPS) is 11.2. The number of hydrogen-bond donors (Lipinski definition) is 1. The number of nitrogens with one attached hydrogen (secondary N) is 1. The lowest BCUT2D eigenvalue weighted by Crippen LogP contribution is -2.11. The van der Waals surface area contributed by atoms with Gasteiger partial charge in [0.15, 0.2) is 4.32 Å². The minimum Gasteiger partial charge on any atom is -0.343 e. The summed E-state index contributed by atoms with van der Waals surface area (Å²) in [5.74, 6) is 0.843. The number of aryl methyl sites for hydroxylation is 1. The van der Waals surface area contributed by atoms with Crippen molar-refractivity contribution in [2.24, 2.45) is 12.1 Å². The fourth-order valence-corrected chi connectivity index (χ4v) is 3.18. The van der Waals surface area contributed by atoms with Crippen molar-refractivity contribution in [3.63, 3.8) is 0 Å². The average molecular weight is 339 g/mol. The Morgan fingerprint density at radius 2 is 1.91 bits per heavy atom. The van der Waals surface area contributed by atoms with Gasteiger partial charge >= 0.3 is 0 Å². The predicted molar refractivity (Wildman–Crippen MR) is 104 cm³/mol. The molecule has 2 aromatic carbocycles. The highest BCUT2D eigenvalue weighted by molar-refractivity contribution is 8.22. The monoisotopic (exact) mass is 339 g/mol. The summed E-state index contributed by atoms with van der Waals surface area (Å²) in [5.41, 5.74) is 6.40. The number of rotatable bonds is 4. The van der Waals surface area contributed by atoms with Crippen molar-refractivity contribution in [3.05, 3.63) is 71.9 Å². The van der Waals surface area contributed by atoms with E-state index in [-0.39, 0.29) is 0 Å². The van der Waals surface area contributed by atoms with Crippen molar-refractivity contribution in [1.82, 2.24) is 9.99 Å². The minimum absolute atomic E-state index is 0.670. The van der Waals surface area contributed by atoms with E-state index in [0.717, 1.165) is 11.4 Å². The maximum Gasteiger partial charge on any atom is 0.154 e. The first-order valence-electron chi connectivity index (χ1n) is 7.28. The van der Waals surface area contributed by atoms with Gasteiger partial charge in [-0.2, -0.15) is 5.10 Å². The van der Waals surface area contributed by atoms with E-state index < -0.39 is 0 Å². The largest absolute Gasteiger partial charge is 0.343 e. The Hall–Kier alpha value is -2.11. The minimum atomic E-state index is 0.670. The molecular formula is C18H17N3S2. The number of hydrogen-bond acceptors (Lipinski definition) is 3. The van der Waals surface area contributed by atoms with Crippen molar-refractivity contribution in [1.29, 1.82) is 0 Å². The molecule has 5 heteroatoms. The first-order chi connectivity index (χ1) is 11.2. The van der Waals surface area contributed by atoms with Crippen LogP contribution >= 0.6 is 24.0 Å². The van der Waals surface area contributed by atoms with Gasteiger partial charge in [-0.15, -0.1) is 0 Å². The molecule has 23 heavy (non-hydrogen) atoms. The second kappa shape index (κ2) is 7.44. The van der Waals surface area contributed by atoms with Gasteiger partial charge in [0.25, 0.3) is 0 Å². The van der Waals surface area contributed by atoms with Crippen molar-refractivity contribution in [2.75, 3.05) is 0 Å². The maximum atomic E-state index is 5.30. The first kappa shape index (κ1) is 15.8. The molecule has 0 unspecified atom stereocenters. The van der Waals surface area contributed by atoms with E-state index in [0.29, 0.717) is 4.32 Å². The predicted octanol–water partition coefficient (Wildman–Crippen LogP) is 4.32. The Morgan fingerprint density at radius 3 is 2.70 bits per heavy atom. The second-order valence-electron chi connectivity index (χ2n) is 5.12. The van der Waals surface area contributed by atoms with E-state index in [1.54, 1.807) is 18.0 Å². The zero-order chi connectivity index (χ0) is 16.1. The molecule has 0 saturated carbocycles. The highest BCUT2D eigenvalue weighted by Crippen LogP contribution is 2.17. The van der Waals surface area contributed by atoms with Crippen LogP contribution in [0.5, 0.6) is 0 Å². The van der Waals surface area contributed by atoms with Crippen LogP contribution in [-0.2, 0) is 12.8 Å². The summed E-state index contributed by atoms with van der Waals surface area (Å²) in [6.45, 7) is 0. The molecule has 0 aliphatic rings. The van der Waals surface area contributed by atoms with Gasteiger partial charge in [-0.1, -0.05) is 72.5 Å². The van der Waals surface area contributed by atoms with Crippen LogP contribution < -0.4 is 5.43 Å². The number of thiocarbonyl (C=S) groups is 1. The van der Waals surface area contributed by atoms with Gasteiger partial charge in [-0.3, -0.25) is 5.43 Å². The molecule has 1 N–H and O–H groups in total. The van der Waals surface area contributed by atoms with Crippen molar-refractivity contribution < 1.29 is 0 Å². The van der Waals surface area contributed by atoms with Gasteiger partial charge in [-0.05, 0) is 17.7 Å². The Labute approximate surface area is 145 Å². The molecule has 0 atom stereocenters. The summed E-state index contributed by atoms with van der Waals surface area (Å²) in [6.07, 6.45) is 1.80. The van der Waals surface area contributed by atoms with Crippen molar-refractivity contribution >= 4 is 45.4 Å². The maximum absolute atomic E-state index is 5.30. The van der Waals surface area contributed by atoms with E-state index in [4.69, 9.17) is 12.2 Å². The first-order valence-corrected chi connectivity index (χ1v) is 8.67. The van der Waals surface area contributed by atoms with Crippen LogP contribution in [-0.4, -0.2) is 15.1 Å². The summed E-state index contributed by atoms with van der Waals surface area (Å²) in [6, 6.07) is 20.6. The second-order valence-corrected chi connectivity index (χ2v) is 6.77. The number of aromatic nitrogens is 1. The molecule has 0 radical (unpaired) electrons. The molecule has 0 aliphatic heterocycles. The number of nitrogens with zero attached hydrogens (tertiary/aromatic N) is 2. The van der Waals surface area contributed by atoms with Crippen molar-refractivity contribution in [3.8, 4) is 0 Å². The number of hydrazone groups is 1. The summed E-state index contributed by atoms with van der Waals surface area (Å²) < 4.78 is 2.78. The molecule has 1 aromatic heterocycles. The standard InChI is InChI=1S/C18H17N3S2/c1-21-16(11-15-9-5-6-10-17(15)21)12-19-20-18(22)23-13-14-7-3-2-4-8-14/h2-12H,13H2,1H3,(H,20,22)/b19-12+. The van der Waals surface area contributed by atoms with Gasteiger partial charge in [0.2, 0.25) is 0 Å². The van der Waals surface area contributed by atoms with E-state index in [1.807, 2.05) is 37.4 Å². The smallest absolute Gasteiger partial charge is 0.154 e. The highest BCUT2D eigenvalue weighted by Gasteiger charge is 2.02. The summed E-state index contributed by atoms with van der Waals surface area (Å²) >= 11 is 6.87. The Morgan fingerprint density at radius 1 is 1.17 bits per heavy atom. The van der Waals surface area contributed by atoms with Gasteiger partial charge in [0.05, 0.1) is 11.9 Å². The number of para-hydroxylation sites is 1. The van der Waals surface area contributed by atoms with E-state index in [1.165, 1.54) is 16.5 Å².